The summed E-state index contributed by atoms with van der Waals surface area (Å²) in [6.45, 7) is 1.84. The number of ether oxygens (including phenoxy) is 2. The van der Waals surface area contributed by atoms with E-state index in [2.05, 4.69) is 5.32 Å². The van der Waals surface area contributed by atoms with E-state index >= 15 is 0 Å². The lowest BCUT2D eigenvalue weighted by Crippen LogP contribution is -2.04. The fourth-order valence-electron chi connectivity index (χ4n) is 1.51. The van der Waals surface area contributed by atoms with Crippen LogP contribution in [0.15, 0.2) is 47.1 Å². The van der Waals surface area contributed by atoms with E-state index in [0.29, 0.717) is 19.8 Å². The van der Waals surface area contributed by atoms with Crippen molar-refractivity contribution in [2.45, 2.75) is 6.54 Å². The Labute approximate surface area is 107 Å². The van der Waals surface area contributed by atoms with Gasteiger partial charge >= 0.3 is 0 Å². The van der Waals surface area contributed by atoms with Gasteiger partial charge in [-0.1, -0.05) is 0 Å². The van der Waals surface area contributed by atoms with Gasteiger partial charge < -0.3 is 19.2 Å². The molecule has 1 heterocycles. The van der Waals surface area contributed by atoms with Crippen molar-refractivity contribution < 1.29 is 13.9 Å². The predicted molar refractivity (Wildman–Crippen MR) is 69.8 cm³/mol. The lowest BCUT2D eigenvalue weighted by Gasteiger charge is -2.07. The van der Waals surface area contributed by atoms with Crippen molar-refractivity contribution in [3.05, 3.63) is 48.4 Å². The molecule has 0 bridgehead atoms. The number of benzene rings is 1. The minimum Gasteiger partial charge on any atom is -0.491 e. The summed E-state index contributed by atoms with van der Waals surface area (Å²) >= 11 is 0. The largest absolute Gasteiger partial charge is 0.491 e. The zero-order valence-corrected chi connectivity index (χ0v) is 10.4. The van der Waals surface area contributed by atoms with E-state index in [9.17, 15) is 0 Å². The molecule has 96 valence electrons. The molecule has 0 saturated carbocycles. The molecule has 0 aliphatic carbocycles. The van der Waals surface area contributed by atoms with Gasteiger partial charge in [-0.3, -0.25) is 0 Å². The first kappa shape index (κ1) is 12.5. The summed E-state index contributed by atoms with van der Waals surface area (Å²) in [5.74, 6) is 1.76. The third-order valence-electron chi connectivity index (χ3n) is 2.46. The van der Waals surface area contributed by atoms with Crippen LogP contribution in [0.4, 0.5) is 5.69 Å². The Kier molecular flexibility index (Phi) is 4.67. The van der Waals surface area contributed by atoms with Gasteiger partial charge in [0.05, 0.1) is 19.4 Å². The summed E-state index contributed by atoms with van der Waals surface area (Å²) in [6, 6.07) is 11.6. The first-order valence-electron chi connectivity index (χ1n) is 5.86. The van der Waals surface area contributed by atoms with Crippen LogP contribution >= 0.6 is 0 Å². The zero-order chi connectivity index (χ0) is 12.6. The van der Waals surface area contributed by atoms with Gasteiger partial charge in [0, 0.05) is 12.8 Å². The van der Waals surface area contributed by atoms with Gasteiger partial charge in [-0.2, -0.15) is 0 Å². The second kappa shape index (κ2) is 6.71. The molecule has 0 radical (unpaired) electrons. The van der Waals surface area contributed by atoms with Crippen LogP contribution in [0.25, 0.3) is 0 Å². The molecule has 2 aromatic rings. The molecular formula is C14H17NO3. The van der Waals surface area contributed by atoms with Gasteiger partial charge in [0.25, 0.3) is 0 Å². The number of anilines is 1. The van der Waals surface area contributed by atoms with Crippen molar-refractivity contribution in [2.24, 2.45) is 0 Å². The van der Waals surface area contributed by atoms with Gasteiger partial charge in [-0.25, -0.2) is 0 Å². The lowest BCUT2D eigenvalue weighted by molar-refractivity contribution is 0.146. The third kappa shape index (κ3) is 3.82. The molecule has 18 heavy (non-hydrogen) atoms. The molecule has 4 nitrogen and oxygen atoms in total. The monoisotopic (exact) mass is 247 g/mol. The zero-order valence-electron chi connectivity index (χ0n) is 10.4. The molecule has 1 aromatic carbocycles. The van der Waals surface area contributed by atoms with Crippen LogP contribution in [0.5, 0.6) is 5.75 Å². The molecule has 0 atom stereocenters. The van der Waals surface area contributed by atoms with Crippen LogP contribution in [0.3, 0.4) is 0 Å². The minimum absolute atomic E-state index is 0.565. The summed E-state index contributed by atoms with van der Waals surface area (Å²) in [5.41, 5.74) is 1.03. The van der Waals surface area contributed by atoms with Crippen LogP contribution in [-0.2, 0) is 11.3 Å². The highest BCUT2D eigenvalue weighted by molar-refractivity contribution is 5.46. The van der Waals surface area contributed by atoms with E-state index in [-0.39, 0.29) is 0 Å². The molecular weight excluding hydrogens is 230 g/mol. The third-order valence-corrected chi connectivity index (χ3v) is 2.46. The van der Waals surface area contributed by atoms with Gasteiger partial charge in [0.2, 0.25) is 0 Å². The molecule has 1 N–H and O–H groups in total. The fourth-order valence-corrected chi connectivity index (χ4v) is 1.51. The van der Waals surface area contributed by atoms with E-state index in [0.717, 1.165) is 17.2 Å². The van der Waals surface area contributed by atoms with Crippen molar-refractivity contribution in [3.8, 4) is 5.75 Å². The Balaban J connectivity index is 1.80. The van der Waals surface area contributed by atoms with Crippen LogP contribution in [0.1, 0.15) is 5.76 Å². The van der Waals surface area contributed by atoms with E-state index in [4.69, 9.17) is 13.9 Å². The Morgan fingerprint density at radius 2 is 1.94 bits per heavy atom. The van der Waals surface area contributed by atoms with Gasteiger partial charge in [0.1, 0.15) is 18.1 Å². The van der Waals surface area contributed by atoms with Crippen LogP contribution in [-0.4, -0.2) is 20.3 Å². The normalized spacial score (nSPS) is 10.3. The maximum Gasteiger partial charge on any atom is 0.122 e. The summed E-state index contributed by atoms with van der Waals surface area (Å²) in [7, 11) is 1.66. The molecule has 1 aromatic heterocycles. The molecule has 0 fully saturated rings. The second-order valence-electron chi connectivity index (χ2n) is 3.80. The average Bonchev–Trinajstić information content (AvgIpc) is 2.91. The molecule has 0 aliphatic rings. The standard InChI is InChI=1S/C14H17NO3/c1-16-9-10-18-13-6-4-12(5-7-13)15-11-14-3-2-8-17-14/h2-8,15H,9-11H2,1H3. The lowest BCUT2D eigenvalue weighted by atomic mass is 10.3. The molecule has 0 aliphatic heterocycles. The Morgan fingerprint density at radius 1 is 1.11 bits per heavy atom. The Morgan fingerprint density at radius 3 is 2.61 bits per heavy atom. The summed E-state index contributed by atoms with van der Waals surface area (Å²) in [4.78, 5) is 0. The van der Waals surface area contributed by atoms with Gasteiger partial charge in [-0.05, 0) is 36.4 Å². The highest BCUT2D eigenvalue weighted by Crippen LogP contribution is 2.16. The molecule has 0 amide bonds. The number of rotatable bonds is 7. The number of hydrogen-bond donors (Lipinski definition) is 1. The first-order valence-corrected chi connectivity index (χ1v) is 5.86. The van der Waals surface area contributed by atoms with E-state index in [1.54, 1.807) is 13.4 Å². The number of nitrogens with one attached hydrogen (secondary N) is 1. The highest BCUT2D eigenvalue weighted by Gasteiger charge is 1.97. The topological polar surface area (TPSA) is 43.6 Å². The first-order chi connectivity index (χ1) is 8.88. The van der Waals surface area contributed by atoms with Gasteiger partial charge in [-0.15, -0.1) is 0 Å². The van der Waals surface area contributed by atoms with Crippen molar-refractivity contribution in [1.82, 2.24) is 0 Å². The Hall–Kier alpha value is -1.94. The molecule has 4 heteroatoms. The van der Waals surface area contributed by atoms with E-state index < -0.39 is 0 Å². The average molecular weight is 247 g/mol. The van der Waals surface area contributed by atoms with Crippen molar-refractivity contribution in [2.75, 3.05) is 25.6 Å². The number of methoxy groups -OCH3 is 1. The van der Waals surface area contributed by atoms with Crippen LogP contribution < -0.4 is 10.1 Å². The summed E-state index contributed by atoms with van der Waals surface area (Å²) < 4.78 is 15.6. The minimum atomic E-state index is 0.565. The maximum absolute atomic E-state index is 5.48. The quantitative estimate of drug-likeness (QED) is 0.764. The van der Waals surface area contributed by atoms with Crippen LogP contribution in [0.2, 0.25) is 0 Å². The molecule has 0 unspecified atom stereocenters. The van der Waals surface area contributed by atoms with Crippen molar-refractivity contribution in [3.63, 3.8) is 0 Å². The predicted octanol–water partition coefficient (Wildman–Crippen LogP) is 2.92. The smallest absolute Gasteiger partial charge is 0.122 e. The summed E-state index contributed by atoms with van der Waals surface area (Å²) in [6.07, 6.45) is 1.67. The highest BCUT2D eigenvalue weighted by atomic mass is 16.5. The summed E-state index contributed by atoms with van der Waals surface area (Å²) in [5, 5.41) is 3.27. The van der Waals surface area contributed by atoms with E-state index in [1.165, 1.54) is 0 Å². The van der Waals surface area contributed by atoms with E-state index in [1.807, 2.05) is 36.4 Å². The number of hydrogen-bond acceptors (Lipinski definition) is 4. The Bertz CT molecular complexity index is 437. The molecule has 0 saturated heterocycles. The number of furan rings is 1. The fraction of sp³-hybridized carbons (Fsp3) is 0.286. The maximum atomic E-state index is 5.48. The molecule has 0 spiro atoms. The van der Waals surface area contributed by atoms with Gasteiger partial charge in [0.15, 0.2) is 0 Å². The molecule has 2 rings (SSSR count). The van der Waals surface area contributed by atoms with Crippen molar-refractivity contribution in [1.29, 1.82) is 0 Å². The van der Waals surface area contributed by atoms with Crippen molar-refractivity contribution >= 4 is 5.69 Å². The second-order valence-corrected chi connectivity index (χ2v) is 3.80. The SMILES string of the molecule is COCCOc1ccc(NCc2ccco2)cc1. The van der Waals surface area contributed by atoms with Crippen LogP contribution in [0, 0.1) is 0 Å².